The Hall–Kier alpha value is -1.24. The van der Waals surface area contributed by atoms with Crippen molar-refractivity contribution in [1.82, 2.24) is 14.1 Å². The van der Waals surface area contributed by atoms with Crippen LogP contribution in [0.5, 0.6) is 0 Å². The minimum absolute atomic E-state index is 0.0543. The molecule has 1 unspecified atom stereocenters. The number of nitrogens with two attached hydrogens (primary N) is 1. The van der Waals surface area contributed by atoms with E-state index >= 15 is 0 Å². The molecule has 0 aromatic rings. The van der Waals surface area contributed by atoms with Crippen LogP contribution in [0.2, 0.25) is 0 Å². The van der Waals surface area contributed by atoms with Crippen molar-refractivity contribution >= 4 is 31.9 Å². The molecule has 1 saturated heterocycles. The van der Waals surface area contributed by atoms with Gasteiger partial charge in [0.15, 0.2) is 5.25 Å². The number of sulfonamides is 2. The van der Waals surface area contributed by atoms with Crippen LogP contribution in [-0.4, -0.2) is 93.5 Å². The maximum Gasteiger partial charge on any atom is 0.242 e. The lowest BCUT2D eigenvalue weighted by Crippen LogP contribution is -2.61. The number of carbonyl (C=O) groups excluding carboxylic acids is 2. The predicted molar refractivity (Wildman–Crippen MR) is 97.0 cm³/mol. The van der Waals surface area contributed by atoms with Crippen molar-refractivity contribution < 1.29 is 26.4 Å². The summed E-state index contributed by atoms with van der Waals surface area (Å²) < 4.78 is 47.8. The van der Waals surface area contributed by atoms with E-state index in [0.717, 1.165) is 4.31 Å². The fourth-order valence-electron chi connectivity index (χ4n) is 2.66. The highest BCUT2D eigenvalue weighted by atomic mass is 32.2. The van der Waals surface area contributed by atoms with E-state index in [1.165, 1.54) is 30.8 Å². The molecule has 12 heteroatoms. The van der Waals surface area contributed by atoms with Crippen molar-refractivity contribution in [3.8, 4) is 0 Å². The summed E-state index contributed by atoms with van der Waals surface area (Å²) in [5.74, 6) is -1.86. The van der Waals surface area contributed by atoms with Gasteiger partial charge in [-0.25, -0.2) is 26.3 Å². The van der Waals surface area contributed by atoms with Crippen LogP contribution in [0.15, 0.2) is 0 Å². The molecule has 1 rings (SSSR count). The minimum Gasteiger partial charge on any atom is -0.338 e. The highest BCUT2D eigenvalue weighted by molar-refractivity contribution is 7.90. The third-order valence-electron chi connectivity index (χ3n) is 4.52. The number of hydrogen-bond acceptors (Lipinski definition) is 6. The molecule has 2 N–H and O–H groups in total. The topological polar surface area (TPSA) is 138 Å². The molecule has 0 aromatic carbocycles. The fourth-order valence-corrected chi connectivity index (χ4v) is 3.82. The summed E-state index contributed by atoms with van der Waals surface area (Å²) in [7, 11) is -4.99. The summed E-state index contributed by atoms with van der Waals surface area (Å²) in [6, 6.07) is -0.412. The smallest absolute Gasteiger partial charge is 0.242 e. The second-order valence-electron chi connectivity index (χ2n) is 6.95. The average molecular weight is 413 g/mol. The van der Waals surface area contributed by atoms with Gasteiger partial charge in [0.2, 0.25) is 31.9 Å². The van der Waals surface area contributed by atoms with Gasteiger partial charge in [-0.2, -0.15) is 0 Å². The van der Waals surface area contributed by atoms with Gasteiger partial charge in [0, 0.05) is 33.7 Å². The van der Waals surface area contributed by atoms with Gasteiger partial charge < -0.3 is 9.80 Å². The molecule has 0 spiro atoms. The number of piperazine rings is 1. The lowest BCUT2D eigenvalue weighted by Gasteiger charge is -2.44. The highest BCUT2D eigenvalue weighted by Crippen LogP contribution is 2.19. The monoisotopic (exact) mass is 412 g/mol. The Morgan fingerprint density at radius 1 is 1.12 bits per heavy atom. The Balaban J connectivity index is 2.96. The van der Waals surface area contributed by atoms with Crippen molar-refractivity contribution in [2.45, 2.75) is 32.1 Å². The van der Waals surface area contributed by atoms with Crippen LogP contribution in [0, 0.1) is 5.92 Å². The molecule has 2 atom stereocenters. The second kappa shape index (κ2) is 8.19. The molecule has 0 radical (unpaired) electrons. The molecule has 0 aliphatic carbocycles. The predicted octanol–water partition coefficient (Wildman–Crippen LogP) is -1.75. The molecule has 1 fully saturated rings. The molecule has 152 valence electrons. The molecule has 1 heterocycles. The van der Waals surface area contributed by atoms with Crippen LogP contribution in [0.3, 0.4) is 0 Å². The molecule has 1 aliphatic heterocycles. The summed E-state index contributed by atoms with van der Waals surface area (Å²) >= 11 is 0. The number of nitrogens with zero attached hydrogens (tertiary/aromatic N) is 3. The van der Waals surface area contributed by atoms with E-state index in [1.54, 1.807) is 0 Å². The molecule has 2 amide bonds. The normalized spacial score (nSPS) is 20.5. The number of amides is 2. The molecular weight excluding hydrogens is 384 g/mol. The summed E-state index contributed by atoms with van der Waals surface area (Å²) in [5.41, 5.74) is 0. The molecule has 10 nitrogen and oxygen atoms in total. The van der Waals surface area contributed by atoms with E-state index in [2.05, 4.69) is 0 Å². The van der Waals surface area contributed by atoms with Crippen molar-refractivity contribution in [3.63, 3.8) is 0 Å². The van der Waals surface area contributed by atoms with Crippen molar-refractivity contribution in [1.29, 1.82) is 0 Å². The third kappa shape index (κ3) is 5.38. The number of rotatable bonds is 6. The van der Waals surface area contributed by atoms with Crippen LogP contribution >= 0.6 is 0 Å². The number of carbonyl (C=O) groups is 2. The van der Waals surface area contributed by atoms with E-state index in [0.29, 0.717) is 0 Å². The fraction of sp³-hybridized carbons (Fsp3) is 0.857. The second-order valence-corrected chi connectivity index (χ2v) is 11.0. The van der Waals surface area contributed by atoms with Gasteiger partial charge in [-0.3, -0.25) is 9.59 Å². The van der Waals surface area contributed by atoms with E-state index < -0.39 is 48.9 Å². The van der Waals surface area contributed by atoms with Gasteiger partial charge in [-0.05, 0) is 12.8 Å². The van der Waals surface area contributed by atoms with Crippen LogP contribution in [0.25, 0.3) is 0 Å². The first kappa shape index (κ1) is 22.8. The quantitative estimate of drug-likeness (QED) is 0.549. The van der Waals surface area contributed by atoms with Crippen LogP contribution in [-0.2, 0) is 29.6 Å². The van der Waals surface area contributed by atoms with E-state index in [9.17, 15) is 26.4 Å². The Labute approximate surface area is 155 Å². The molecule has 1 aliphatic rings. The molecule has 0 aromatic heterocycles. The van der Waals surface area contributed by atoms with Gasteiger partial charge in [-0.15, -0.1) is 0 Å². The Morgan fingerprint density at radius 3 is 2.08 bits per heavy atom. The van der Waals surface area contributed by atoms with Gasteiger partial charge in [0.1, 0.15) is 5.75 Å². The highest BCUT2D eigenvalue weighted by Gasteiger charge is 2.38. The lowest BCUT2D eigenvalue weighted by molar-refractivity contribution is -0.142. The third-order valence-corrected chi connectivity index (χ3v) is 7.43. The number of primary sulfonamides is 1. The van der Waals surface area contributed by atoms with Crippen LogP contribution in [0.4, 0.5) is 0 Å². The van der Waals surface area contributed by atoms with Crippen molar-refractivity contribution in [3.05, 3.63) is 0 Å². The molecule has 0 bridgehead atoms. The standard InChI is InChI=1S/C14H28N4O6S2/c1-10(2)12-8-17(14(20)11(3)26(15,23)24)6-7-18(12)13(19)9-25(21,22)16(4)5/h10-12H,6-9H2,1-5H3,(H2,15,23,24)/t11?,12-/m1/s1. The summed E-state index contributed by atoms with van der Waals surface area (Å²) in [5, 5.41) is 3.67. The Morgan fingerprint density at radius 2 is 1.65 bits per heavy atom. The Bertz CT molecular complexity index is 747. The zero-order valence-corrected chi connectivity index (χ0v) is 17.4. The van der Waals surface area contributed by atoms with E-state index in [4.69, 9.17) is 5.14 Å². The first-order valence-electron chi connectivity index (χ1n) is 8.18. The zero-order valence-electron chi connectivity index (χ0n) is 15.7. The summed E-state index contributed by atoms with van der Waals surface area (Å²) in [6.07, 6.45) is 0. The van der Waals surface area contributed by atoms with E-state index in [1.807, 2.05) is 13.8 Å². The summed E-state index contributed by atoms with van der Waals surface area (Å²) in [6.45, 7) is 5.31. The SMILES string of the molecule is CC(C)[C@H]1CN(C(=O)C(C)S(N)(=O)=O)CCN1C(=O)CS(=O)(=O)N(C)C. The van der Waals surface area contributed by atoms with Crippen LogP contribution < -0.4 is 5.14 Å². The van der Waals surface area contributed by atoms with Gasteiger partial charge in [-0.1, -0.05) is 13.8 Å². The van der Waals surface area contributed by atoms with Gasteiger partial charge >= 0.3 is 0 Å². The first-order valence-corrected chi connectivity index (χ1v) is 11.4. The van der Waals surface area contributed by atoms with Crippen molar-refractivity contribution in [2.24, 2.45) is 11.1 Å². The molecule has 26 heavy (non-hydrogen) atoms. The van der Waals surface area contributed by atoms with Gasteiger partial charge in [0.25, 0.3) is 0 Å². The first-order chi connectivity index (χ1) is 11.7. The number of hydrogen-bond donors (Lipinski definition) is 1. The maximum absolute atomic E-state index is 12.5. The lowest BCUT2D eigenvalue weighted by atomic mass is 9.99. The zero-order chi connectivity index (χ0) is 20.4. The summed E-state index contributed by atoms with van der Waals surface area (Å²) in [4.78, 5) is 27.7. The van der Waals surface area contributed by atoms with Crippen molar-refractivity contribution in [2.75, 3.05) is 39.5 Å². The van der Waals surface area contributed by atoms with Crippen LogP contribution in [0.1, 0.15) is 20.8 Å². The van der Waals surface area contributed by atoms with Gasteiger partial charge in [0.05, 0.1) is 6.04 Å². The molecule has 0 saturated carbocycles. The largest absolute Gasteiger partial charge is 0.338 e. The van der Waals surface area contributed by atoms with E-state index in [-0.39, 0.29) is 25.6 Å². The minimum atomic E-state index is -4.01. The Kier molecular flexibility index (Phi) is 7.18. The average Bonchev–Trinajstić information content (AvgIpc) is 2.51. The maximum atomic E-state index is 12.5. The molecular formula is C14H28N4O6S2.